The molecule has 2 aromatic rings. The van der Waals surface area contributed by atoms with Crippen molar-refractivity contribution in [3.8, 4) is 0 Å². The van der Waals surface area contributed by atoms with E-state index in [0.29, 0.717) is 80.1 Å². The number of hydrogen-bond donors (Lipinski definition) is 8. The van der Waals surface area contributed by atoms with E-state index in [1.807, 2.05) is 39.2 Å². The summed E-state index contributed by atoms with van der Waals surface area (Å²) in [5, 5.41) is 22.6. The van der Waals surface area contributed by atoms with E-state index in [-0.39, 0.29) is 55.1 Å². The molecule has 2 aromatic carbocycles. The monoisotopic (exact) mass is 923 g/mol. The van der Waals surface area contributed by atoms with Gasteiger partial charge in [-0.2, -0.15) is 11.8 Å². The zero-order valence-electron chi connectivity index (χ0n) is 39.7. The first-order chi connectivity index (χ1) is 30.9. The summed E-state index contributed by atoms with van der Waals surface area (Å²) < 4.78 is 0. The highest BCUT2D eigenvalue weighted by Gasteiger charge is 2.25. The number of hydrogen-bond acceptors (Lipinski definition) is 10. The van der Waals surface area contributed by atoms with E-state index in [1.54, 1.807) is 50.2 Å². The zero-order chi connectivity index (χ0) is 48.3. The number of thioether (sulfide) groups is 1. The van der Waals surface area contributed by atoms with Gasteiger partial charge in [-0.1, -0.05) is 65.8 Å². The molecule has 0 radical (unpaired) electrons. The van der Waals surface area contributed by atoms with Gasteiger partial charge in [0.1, 0.15) is 17.9 Å². The maximum absolute atomic E-state index is 13.2. The predicted molar refractivity (Wildman–Crippen MR) is 256 cm³/mol. The SMILES string of the molecule is CSCCC(NC(=O)c1ccc(CNC(=O)C(NC(=O)CNC(=O)c2ccc(CNC(C)C)cc2)C(C)C)cc1)C(=O)NCC(=O)NC(C)CCCCNC(=O)CCCCC(=O)C(C)C. The van der Waals surface area contributed by atoms with Crippen LogP contribution in [0, 0.1) is 11.8 Å². The van der Waals surface area contributed by atoms with Gasteiger partial charge in [0.05, 0.1) is 13.1 Å². The highest BCUT2D eigenvalue weighted by Crippen LogP contribution is 2.10. The van der Waals surface area contributed by atoms with Crippen molar-refractivity contribution >= 4 is 58.9 Å². The summed E-state index contributed by atoms with van der Waals surface area (Å²) >= 11 is 1.52. The van der Waals surface area contributed by atoms with E-state index in [4.69, 9.17) is 0 Å². The molecule has 8 N–H and O–H groups in total. The van der Waals surface area contributed by atoms with Crippen molar-refractivity contribution in [1.82, 2.24) is 42.5 Å². The van der Waals surface area contributed by atoms with E-state index in [9.17, 15) is 38.4 Å². The van der Waals surface area contributed by atoms with Gasteiger partial charge in [0.2, 0.25) is 29.5 Å². The van der Waals surface area contributed by atoms with Gasteiger partial charge in [-0.05, 0) is 98.8 Å². The van der Waals surface area contributed by atoms with Gasteiger partial charge in [0.25, 0.3) is 11.8 Å². The van der Waals surface area contributed by atoms with Gasteiger partial charge in [-0.15, -0.1) is 0 Å². The van der Waals surface area contributed by atoms with E-state index < -0.39 is 41.6 Å². The summed E-state index contributed by atoms with van der Waals surface area (Å²) in [6, 6.07) is 12.1. The Kier molecular flexibility index (Phi) is 26.4. The highest BCUT2D eigenvalue weighted by atomic mass is 32.2. The van der Waals surface area contributed by atoms with Crippen LogP contribution in [-0.4, -0.2) is 103 Å². The maximum atomic E-state index is 13.2. The highest BCUT2D eigenvalue weighted by molar-refractivity contribution is 7.98. The van der Waals surface area contributed by atoms with E-state index in [0.717, 1.165) is 18.4 Å². The largest absolute Gasteiger partial charge is 0.356 e. The van der Waals surface area contributed by atoms with Crippen molar-refractivity contribution in [1.29, 1.82) is 0 Å². The third-order valence-electron chi connectivity index (χ3n) is 10.5. The van der Waals surface area contributed by atoms with Crippen LogP contribution in [0.2, 0.25) is 0 Å². The minimum absolute atomic E-state index is 0.0202. The second-order valence-corrected chi connectivity index (χ2v) is 18.3. The number of benzene rings is 2. The van der Waals surface area contributed by atoms with Crippen LogP contribution < -0.4 is 42.5 Å². The van der Waals surface area contributed by atoms with E-state index >= 15 is 0 Å². The molecule has 360 valence electrons. The normalized spacial score (nSPS) is 12.5. The Morgan fingerprint density at radius 1 is 0.554 bits per heavy atom. The number of nitrogens with one attached hydrogen (secondary N) is 8. The van der Waals surface area contributed by atoms with Gasteiger partial charge in [0.15, 0.2) is 0 Å². The second-order valence-electron chi connectivity index (χ2n) is 17.3. The first-order valence-electron chi connectivity index (χ1n) is 22.8. The van der Waals surface area contributed by atoms with Crippen LogP contribution in [0.3, 0.4) is 0 Å². The number of ketones is 1. The van der Waals surface area contributed by atoms with Gasteiger partial charge < -0.3 is 42.5 Å². The Hall–Kier alpha value is -5.29. The maximum Gasteiger partial charge on any atom is 0.251 e. The summed E-state index contributed by atoms with van der Waals surface area (Å²) in [7, 11) is 0. The molecule has 7 amide bonds. The fourth-order valence-corrected chi connectivity index (χ4v) is 6.86. The number of unbranched alkanes of at least 4 members (excludes halogenated alkanes) is 2. The van der Waals surface area contributed by atoms with E-state index in [1.165, 1.54) is 11.8 Å². The van der Waals surface area contributed by atoms with Crippen molar-refractivity contribution in [2.45, 2.75) is 137 Å². The lowest BCUT2D eigenvalue weighted by molar-refractivity contribution is -0.129. The molecular formula is C48H74N8O8S. The molecule has 0 fully saturated rings. The molecule has 0 saturated heterocycles. The van der Waals surface area contributed by atoms with Crippen LogP contribution in [-0.2, 0) is 41.9 Å². The lowest BCUT2D eigenvalue weighted by atomic mass is 10.0. The first-order valence-corrected chi connectivity index (χ1v) is 24.2. The third-order valence-corrected chi connectivity index (χ3v) is 11.1. The van der Waals surface area contributed by atoms with Crippen molar-refractivity contribution in [3.05, 3.63) is 70.8 Å². The quantitative estimate of drug-likeness (QED) is 0.0508. The van der Waals surface area contributed by atoms with Gasteiger partial charge in [0, 0.05) is 61.6 Å². The molecule has 0 aromatic heterocycles. The summed E-state index contributed by atoms with van der Waals surface area (Å²) in [5.41, 5.74) is 2.45. The van der Waals surface area contributed by atoms with E-state index in [2.05, 4.69) is 56.4 Å². The summed E-state index contributed by atoms with van der Waals surface area (Å²) in [6.07, 6.45) is 6.75. The third kappa shape index (κ3) is 23.5. The Bertz CT molecular complexity index is 1840. The summed E-state index contributed by atoms with van der Waals surface area (Å²) in [5.74, 6) is -2.07. The molecule has 0 saturated carbocycles. The van der Waals surface area contributed by atoms with Crippen LogP contribution in [0.4, 0.5) is 0 Å². The molecule has 17 heteroatoms. The number of carbonyl (C=O) groups excluding carboxylic acids is 8. The van der Waals surface area contributed by atoms with Crippen molar-refractivity contribution in [2.75, 3.05) is 31.6 Å². The molecule has 16 nitrogen and oxygen atoms in total. The number of amides is 7. The fraction of sp³-hybridized carbons (Fsp3) is 0.583. The Morgan fingerprint density at radius 2 is 1.14 bits per heavy atom. The molecule has 2 rings (SSSR count). The molecule has 0 aliphatic rings. The van der Waals surface area contributed by atoms with Crippen LogP contribution >= 0.6 is 11.8 Å². The topological polar surface area (TPSA) is 233 Å². The van der Waals surface area contributed by atoms with Crippen molar-refractivity contribution < 1.29 is 38.4 Å². The van der Waals surface area contributed by atoms with Crippen LogP contribution in [0.15, 0.2) is 48.5 Å². The molecule has 0 aliphatic heterocycles. The minimum Gasteiger partial charge on any atom is -0.356 e. The number of Topliss-reactive ketones (excluding diaryl/α,β-unsaturated/α-hetero) is 1. The van der Waals surface area contributed by atoms with Crippen molar-refractivity contribution in [2.24, 2.45) is 11.8 Å². The summed E-state index contributed by atoms with van der Waals surface area (Å²) in [4.78, 5) is 101. The molecule has 0 spiro atoms. The van der Waals surface area contributed by atoms with Crippen molar-refractivity contribution in [3.63, 3.8) is 0 Å². The molecule has 3 atom stereocenters. The smallest absolute Gasteiger partial charge is 0.251 e. The second kappa shape index (κ2) is 30.8. The lowest BCUT2D eigenvalue weighted by Crippen LogP contribution is -2.51. The fourth-order valence-electron chi connectivity index (χ4n) is 6.39. The lowest BCUT2D eigenvalue weighted by Gasteiger charge is -2.22. The molecule has 0 bridgehead atoms. The molecule has 0 heterocycles. The van der Waals surface area contributed by atoms with Crippen LogP contribution in [0.1, 0.15) is 132 Å². The summed E-state index contributed by atoms with van der Waals surface area (Å²) in [6.45, 7) is 14.1. The number of carbonyl (C=O) groups is 8. The van der Waals surface area contributed by atoms with Crippen LogP contribution in [0.25, 0.3) is 0 Å². The zero-order valence-corrected chi connectivity index (χ0v) is 40.5. The minimum atomic E-state index is -0.878. The molecule has 0 aliphatic carbocycles. The van der Waals surface area contributed by atoms with Gasteiger partial charge in [-0.25, -0.2) is 0 Å². The van der Waals surface area contributed by atoms with Gasteiger partial charge >= 0.3 is 0 Å². The first kappa shape index (κ1) is 55.8. The molecule has 3 unspecified atom stereocenters. The Balaban J connectivity index is 1.76. The average Bonchev–Trinajstić information content (AvgIpc) is 3.27. The average molecular weight is 923 g/mol. The molecule has 65 heavy (non-hydrogen) atoms. The van der Waals surface area contributed by atoms with Gasteiger partial charge in [-0.3, -0.25) is 38.4 Å². The van der Waals surface area contributed by atoms with Crippen LogP contribution in [0.5, 0.6) is 0 Å². The Labute approximate surface area is 389 Å². The predicted octanol–water partition coefficient (Wildman–Crippen LogP) is 3.92. The standard InChI is InChI=1S/C48H74N8O8S/c1-31(2)40(57)14-9-10-15-41(58)49-25-12-11-13-34(7)54-42(59)29-53-47(63)39(24-26-65-8)55-46(62)38-22-18-36(19-23-38)28-51-48(64)44(32(3)4)56-43(60)30-52-45(61)37-20-16-35(17-21-37)27-50-33(5)6/h16-23,31-34,39,44,50H,9-15,24-30H2,1-8H3,(H,49,58)(H,51,64)(H,52,61)(H,53,63)(H,54,59)(H,55,62)(H,56,60). The molecular weight excluding hydrogens is 849 g/mol. The Morgan fingerprint density at radius 3 is 1.74 bits per heavy atom. The number of rotatable bonds is 31.